The molecule has 1 aromatic heterocycles. The Morgan fingerprint density at radius 2 is 1.77 bits per heavy atom. The number of aryl methyl sites for hydroxylation is 1. The summed E-state index contributed by atoms with van der Waals surface area (Å²) in [6.45, 7) is 17.9. The van der Waals surface area contributed by atoms with Crippen LogP contribution in [-0.2, 0) is 6.54 Å². The van der Waals surface area contributed by atoms with Crippen molar-refractivity contribution in [3.63, 3.8) is 0 Å². The van der Waals surface area contributed by atoms with Gasteiger partial charge in [-0.3, -0.25) is 19.3 Å². The second kappa shape index (κ2) is 10.4. The summed E-state index contributed by atoms with van der Waals surface area (Å²) in [5, 5.41) is 2.86. The van der Waals surface area contributed by atoms with Crippen LogP contribution in [0.4, 0.5) is 0 Å². The Bertz CT molecular complexity index is 834. The highest BCUT2D eigenvalue weighted by Gasteiger charge is 2.32. The Morgan fingerprint density at radius 1 is 1.16 bits per heavy atom. The highest BCUT2D eigenvalue weighted by atomic mass is 16.2. The van der Waals surface area contributed by atoms with Crippen molar-refractivity contribution in [3.05, 3.63) is 33.7 Å². The lowest BCUT2D eigenvalue weighted by Gasteiger charge is -2.26. The van der Waals surface area contributed by atoms with Crippen LogP contribution in [0.1, 0.15) is 82.0 Å². The van der Waals surface area contributed by atoms with E-state index in [1.165, 1.54) is 0 Å². The first-order chi connectivity index (χ1) is 14.5. The minimum atomic E-state index is -0.487. The number of rotatable bonds is 8. The number of pyridine rings is 1. The molecule has 0 bridgehead atoms. The van der Waals surface area contributed by atoms with Gasteiger partial charge in [0.2, 0.25) is 5.43 Å². The number of likely N-dealkylation sites (tertiary alicyclic amines) is 1. The number of carbonyl (C=O) groups excluding carboxylic acids is 2. The molecule has 0 aromatic carbocycles. The Hall–Kier alpha value is -2.15. The van der Waals surface area contributed by atoms with Crippen molar-refractivity contribution in [2.75, 3.05) is 26.2 Å². The molecular formula is C24H40N4O3. The quantitative estimate of drug-likeness (QED) is 0.685. The van der Waals surface area contributed by atoms with Gasteiger partial charge >= 0.3 is 0 Å². The summed E-state index contributed by atoms with van der Waals surface area (Å²) in [7, 11) is 0. The lowest BCUT2D eigenvalue weighted by molar-refractivity contribution is 0.0775. The topological polar surface area (TPSA) is 74.7 Å². The second-order valence-electron chi connectivity index (χ2n) is 9.95. The Morgan fingerprint density at radius 3 is 2.32 bits per heavy atom. The first-order valence-electron chi connectivity index (χ1n) is 11.6. The number of likely N-dealkylation sites (N-methyl/N-ethyl adjacent to an activating group) is 1. The molecule has 1 aliphatic rings. The molecule has 0 radical (unpaired) electrons. The van der Waals surface area contributed by atoms with Gasteiger partial charge in [-0.1, -0.05) is 27.7 Å². The summed E-state index contributed by atoms with van der Waals surface area (Å²) in [6.07, 6.45) is 5.01. The van der Waals surface area contributed by atoms with Crippen molar-refractivity contribution in [2.24, 2.45) is 5.92 Å². The Kier molecular flexibility index (Phi) is 8.46. The number of aromatic nitrogens is 1. The third kappa shape index (κ3) is 6.66. The maximum Gasteiger partial charge on any atom is 0.259 e. The molecule has 1 saturated heterocycles. The minimum absolute atomic E-state index is 0.0315. The van der Waals surface area contributed by atoms with Crippen molar-refractivity contribution in [3.8, 4) is 0 Å². The average molecular weight is 433 g/mol. The van der Waals surface area contributed by atoms with Gasteiger partial charge < -0.3 is 14.8 Å². The van der Waals surface area contributed by atoms with Crippen LogP contribution in [0, 0.1) is 5.92 Å². The van der Waals surface area contributed by atoms with Crippen molar-refractivity contribution >= 4 is 11.8 Å². The van der Waals surface area contributed by atoms with Crippen molar-refractivity contribution in [1.29, 1.82) is 0 Å². The van der Waals surface area contributed by atoms with Gasteiger partial charge in [-0.25, -0.2) is 0 Å². The van der Waals surface area contributed by atoms with Gasteiger partial charge in [-0.15, -0.1) is 0 Å². The zero-order valence-electron chi connectivity index (χ0n) is 20.3. The lowest BCUT2D eigenvalue weighted by Crippen LogP contribution is -2.44. The molecule has 1 aliphatic heterocycles. The largest absolute Gasteiger partial charge is 0.352 e. The van der Waals surface area contributed by atoms with Crippen LogP contribution < -0.4 is 10.7 Å². The van der Waals surface area contributed by atoms with E-state index in [0.717, 1.165) is 25.9 Å². The van der Waals surface area contributed by atoms with Crippen LogP contribution in [0.15, 0.2) is 17.2 Å². The number of nitrogens with one attached hydrogen (secondary N) is 1. The van der Waals surface area contributed by atoms with E-state index in [2.05, 4.69) is 37.9 Å². The van der Waals surface area contributed by atoms with E-state index in [4.69, 9.17) is 0 Å². The molecule has 7 heteroatoms. The maximum atomic E-state index is 13.3. The minimum Gasteiger partial charge on any atom is -0.352 e. The van der Waals surface area contributed by atoms with Crippen molar-refractivity contribution < 1.29 is 9.59 Å². The number of hydrogen-bond acceptors (Lipinski definition) is 4. The van der Waals surface area contributed by atoms with E-state index >= 15 is 0 Å². The molecule has 2 rings (SSSR count). The monoisotopic (exact) mass is 432 g/mol. The average Bonchev–Trinajstić information content (AvgIpc) is 3.16. The molecule has 2 heterocycles. The molecule has 1 fully saturated rings. The summed E-state index contributed by atoms with van der Waals surface area (Å²) in [5.74, 6) is -0.241. The first kappa shape index (κ1) is 25.1. The van der Waals surface area contributed by atoms with E-state index in [9.17, 15) is 14.4 Å². The zero-order chi connectivity index (χ0) is 23.3. The molecule has 0 unspecified atom stereocenters. The summed E-state index contributed by atoms with van der Waals surface area (Å²) in [6, 6.07) is 0.314. The van der Waals surface area contributed by atoms with Crippen molar-refractivity contribution in [1.82, 2.24) is 19.7 Å². The molecule has 1 N–H and O–H groups in total. The van der Waals surface area contributed by atoms with Gasteiger partial charge in [-0.05, 0) is 52.6 Å². The molecule has 1 aromatic rings. The molecule has 31 heavy (non-hydrogen) atoms. The van der Waals surface area contributed by atoms with Gasteiger partial charge in [0.1, 0.15) is 11.1 Å². The fourth-order valence-electron chi connectivity index (χ4n) is 4.02. The number of nitrogens with zero attached hydrogens (tertiary/aromatic N) is 3. The van der Waals surface area contributed by atoms with Crippen LogP contribution in [-0.4, -0.2) is 63.9 Å². The summed E-state index contributed by atoms with van der Waals surface area (Å²) in [5.41, 5.74) is -0.841. The SMILES string of the molecule is CCN(CC)[C@@H]1CCN(C(=O)c2cn(CCC(C)C)cc(C(=O)NC(C)(C)C)c2=O)C1. The summed E-state index contributed by atoms with van der Waals surface area (Å²) in [4.78, 5) is 43.4. The van der Waals surface area contributed by atoms with Gasteiger partial charge in [-0.2, -0.15) is 0 Å². The highest BCUT2D eigenvalue weighted by Crippen LogP contribution is 2.18. The smallest absolute Gasteiger partial charge is 0.259 e. The van der Waals surface area contributed by atoms with Crippen LogP contribution >= 0.6 is 0 Å². The van der Waals surface area contributed by atoms with E-state index in [0.29, 0.717) is 31.6 Å². The van der Waals surface area contributed by atoms with Gasteiger partial charge in [0.15, 0.2) is 0 Å². The standard InChI is InChI=1S/C24H40N4O3/c1-8-27(9-2)18-11-13-28(14-18)23(31)20-16-26(12-10-17(3)4)15-19(21(20)29)22(30)25-24(5,6)7/h15-18H,8-14H2,1-7H3,(H,25,30)/t18-/m1/s1. The second-order valence-corrected chi connectivity index (χ2v) is 9.95. The van der Waals surface area contributed by atoms with Gasteiger partial charge in [0.05, 0.1) is 0 Å². The predicted octanol–water partition coefficient (Wildman–Crippen LogP) is 2.98. The first-order valence-corrected chi connectivity index (χ1v) is 11.6. The fourth-order valence-corrected chi connectivity index (χ4v) is 4.02. The van der Waals surface area contributed by atoms with Crippen LogP contribution in [0.3, 0.4) is 0 Å². The third-order valence-electron chi connectivity index (χ3n) is 5.79. The summed E-state index contributed by atoms with van der Waals surface area (Å²) >= 11 is 0. The van der Waals surface area contributed by atoms with E-state index in [-0.39, 0.29) is 17.0 Å². The highest BCUT2D eigenvalue weighted by molar-refractivity contribution is 5.99. The van der Waals surface area contributed by atoms with Crippen LogP contribution in [0.2, 0.25) is 0 Å². The third-order valence-corrected chi connectivity index (χ3v) is 5.79. The molecule has 7 nitrogen and oxygen atoms in total. The number of hydrogen-bond donors (Lipinski definition) is 1. The van der Waals surface area contributed by atoms with E-state index < -0.39 is 16.9 Å². The predicted molar refractivity (Wildman–Crippen MR) is 125 cm³/mol. The molecule has 0 spiro atoms. The van der Waals surface area contributed by atoms with E-state index in [1.54, 1.807) is 17.3 Å². The van der Waals surface area contributed by atoms with Crippen LogP contribution in [0.5, 0.6) is 0 Å². The van der Waals surface area contributed by atoms with Crippen molar-refractivity contribution in [2.45, 2.75) is 79.4 Å². The Balaban J connectivity index is 2.37. The fraction of sp³-hybridized carbons (Fsp3) is 0.708. The molecule has 2 amide bonds. The number of carbonyl (C=O) groups is 2. The Labute approximate surface area is 186 Å². The lowest BCUT2D eigenvalue weighted by atomic mass is 10.1. The molecular weight excluding hydrogens is 392 g/mol. The molecule has 1 atom stereocenters. The molecule has 174 valence electrons. The summed E-state index contributed by atoms with van der Waals surface area (Å²) < 4.78 is 1.82. The number of amides is 2. The van der Waals surface area contributed by atoms with Crippen LogP contribution in [0.25, 0.3) is 0 Å². The van der Waals surface area contributed by atoms with Gasteiger partial charge in [0, 0.05) is 43.6 Å². The normalized spacial score (nSPS) is 16.9. The van der Waals surface area contributed by atoms with Gasteiger partial charge in [0.25, 0.3) is 11.8 Å². The molecule has 0 aliphatic carbocycles. The maximum absolute atomic E-state index is 13.3. The molecule has 0 saturated carbocycles. The van der Waals surface area contributed by atoms with E-state index in [1.807, 2.05) is 25.3 Å². The zero-order valence-corrected chi connectivity index (χ0v) is 20.3.